The van der Waals surface area contributed by atoms with Crippen LogP contribution < -0.4 is 0 Å². The molecule has 0 aliphatic heterocycles. The molecule has 0 saturated heterocycles. The maximum atomic E-state index is 11.4. The van der Waals surface area contributed by atoms with E-state index in [1.807, 2.05) is 34.6 Å². The molecule has 0 aliphatic carbocycles. The van der Waals surface area contributed by atoms with E-state index in [1.165, 1.54) is 0 Å². The van der Waals surface area contributed by atoms with Gasteiger partial charge in [-0.1, -0.05) is 0 Å². The van der Waals surface area contributed by atoms with Crippen LogP contribution in [0.4, 0.5) is 0 Å². The van der Waals surface area contributed by atoms with Crippen LogP contribution in [-0.2, 0) is 19.0 Å². The highest BCUT2D eigenvalue weighted by atomic mass is 16.7. The molecule has 0 spiro atoms. The zero-order chi connectivity index (χ0) is 12.6. The first-order valence-corrected chi connectivity index (χ1v) is 5.84. The third-order valence-electron chi connectivity index (χ3n) is 1.71. The molecule has 0 heterocycles. The van der Waals surface area contributed by atoms with Crippen molar-refractivity contribution < 1.29 is 19.0 Å². The van der Waals surface area contributed by atoms with Gasteiger partial charge in [0, 0.05) is 19.6 Å². The van der Waals surface area contributed by atoms with Gasteiger partial charge in [-0.25, -0.2) is 0 Å². The lowest BCUT2D eigenvalue weighted by atomic mass is 10.2. The molecule has 0 rings (SSSR count). The summed E-state index contributed by atoms with van der Waals surface area (Å²) in [4.78, 5) is 11.4. The smallest absolute Gasteiger partial charge is 0.306 e. The van der Waals surface area contributed by atoms with Crippen LogP contribution in [0, 0.1) is 0 Å². The highest BCUT2D eigenvalue weighted by Crippen LogP contribution is 2.11. The molecule has 0 atom stereocenters. The van der Waals surface area contributed by atoms with E-state index in [0.717, 1.165) is 0 Å². The minimum atomic E-state index is -0.427. The molecule has 4 heteroatoms. The van der Waals surface area contributed by atoms with Crippen LogP contribution >= 0.6 is 0 Å². The Morgan fingerprint density at radius 2 is 1.62 bits per heavy atom. The SMILES string of the molecule is CCOC(CCC(=O)OC(C)(C)C)OCC. The molecule has 0 saturated carbocycles. The predicted octanol–water partition coefficient (Wildman–Crippen LogP) is 2.51. The molecule has 0 unspecified atom stereocenters. The van der Waals surface area contributed by atoms with Crippen molar-refractivity contribution in [2.75, 3.05) is 13.2 Å². The number of esters is 1. The molecule has 0 bridgehead atoms. The summed E-state index contributed by atoms with van der Waals surface area (Å²) in [5, 5.41) is 0. The molecule has 0 amide bonds. The summed E-state index contributed by atoms with van der Waals surface area (Å²) in [6.45, 7) is 10.5. The van der Waals surface area contributed by atoms with Crippen molar-refractivity contribution in [3.63, 3.8) is 0 Å². The molecule has 0 aromatic heterocycles. The summed E-state index contributed by atoms with van der Waals surface area (Å²) in [6.07, 6.45) is 0.556. The van der Waals surface area contributed by atoms with Crippen molar-refractivity contribution >= 4 is 5.97 Å². The van der Waals surface area contributed by atoms with Crippen LogP contribution in [0.3, 0.4) is 0 Å². The van der Waals surface area contributed by atoms with Gasteiger partial charge in [-0.3, -0.25) is 4.79 Å². The standard InChI is InChI=1S/C12H24O4/c1-6-14-11(15-7-2)9-8-10(13)16-12(3,4)5/h11H,6-9H2,1-5H3. The summed E-state index contributed by atoms with van der Waals surface area (Å²) in [5.74, 6) is -0.211. The number of hydrogen-bond donors (Lipinski definition) is 0. The van der Waals surface area contributed by atoms with Crippen LogP contribution in [0.5, 0.6) is 0 Å². The van der Waals surface area contributed by atoms with E-state index in [1.54, 1.807) is 0 Å². The van der Waals surface area contributed by atoms with Gasteiger partial charge in [-0.15, -0.1) is 0 Å². The minimum Gasteiger partial charge on any atom is -0.460 e. The van der Waals surface area contributed by atoms with Gasteiger partial charge in [-0.2, -0.15) is 0 Å². The van der Waals surface area contributed by atoms with Gasteiger partial charge < -0.3 is 14.2 Å². The molecule has 0 fully saturated rings. The van der Waals surface area contributed by atoms with Crippen LogP contribution in [-0.4, -0.2) is 31.1 Å². The predicted molar refractivity (Wildman–Crippen MR) is 62.1 cm³/mol. The second-order valence-electron chi connectivity index (χ2n) is 4.47. The maximum absolute atomic E-state index is 11.4. The highest BCUT2D eigenvalue weighted by Gasteiger charge is 2.18. The monoisotopic (exact) mass is 232 g/mol. The average molecular weight is 232 g/mol. The lowest BCUT2D eigenvalue weighted by Gasteiger charge is -2.21. The average Bonchev–Trinajstić information content (AvgIpc) is 2.12. The van der Waals surface area contributed by atoms with E-state index in [-0.39, 0.29) is 12.3 Å². The third-order valence-corrected chi connectivity index (χ3v) is 1.71. The summed E-state index contributed by atoms with van der Waals surface area (Å²) < 4.78 is 15.9. The fourth-order valence-electron chi connectivity index (χ4n) is 1.21. The van der Waals surface area contributed by atoms with E-state index in [2.05, 4.69) is 0 Å². The molecule has 16 heavy (non-hydrogen) atoms. The topological polar surface area (TPSA) is 44.8 Å². The highest BCUT2D eigenvalue weighted by molar-refractivity contribution is 5.69. The first kappa shape index (κ1) is 15.4. The van der Waals surface area contributed by atoms with Gasteiger partial charge in [0.1, 0.15) is 5.60 Å². The van der Waals surface area contributed by atoms with Gasteiger partial charge >= 0.3 is 5.97 Å². The Balaban J connectivity index is 3.86. The van der Waals surface area contributed by atoms with Crippen molar-refractivity contribution in [2.45, 2.75) is 59.4 Å². The first-order valence-electron chi connectivity index (χ1n) is 5.84. The Morgan fingerprint density at radius 3 is 2.00 bits per heavy atom. The lowest BCUT2D eigenvalue weighted by molar-refractivity contribution is -0.163. The Kier molecular flexibility index (Phi) is 7.34. The molecule has 96 valence electrons. The fraction of sp³-hybridized carbons (Fsp3) is 0.917. The molecule has 0 aromatic rings. The second-order valence-corrected chi connectivity index (χ2v) is 4.47. The van der Waals surface area contributed by atoms with Crippen LogP contribution in [0.15, 0.2) is 0 Å². The molecule has 0 radical (unpaired) electrons. The minimum absolute atomic E-state index is 0.211. The van der Waals surface area contributed by atoms with E-state index in [0.29, 0.717) is 26.1 Å². The maximum Gasteiger partial charge on any atom is 0.306 e. The van der Waals surface area contributed by atoms with Crippen molar-refractivity contribution in [2.24, 2.45) is 0 Å². The second kappa shape index (κ2) is 7.63. The van der Waals surface area contributed by atoms with Crippen LogP contribution in [0.25, 0.3) is 0 Å². The number of hydrogen-bond acceptors (Lipinski definition) is 4. The Hall–Kier alpha value is -0.610. The van der Waals surface area contributed by atoms with Crippen molar-refractivity contribution in [1.82, 2.24) is 0 Å². The van der Waals surface area contributed by atoms with E-state index in [4.69, 9.17) is 14.2 Å². The molecular formula is C12H24O4. The molecule has 4 nitrogen and oxygen atoms in total. The third kappa shape index (κ3) is 8.68. The zero-order valence-electron chi connectivity index (χ0n) is 11.0. The van der Waals surface area contributed by atoms with Crippen molar-refractivity contribution in [1.29, 1.82) is 0 Å². The molecular weight excluding hydrogens is 208 g/mol. The van der Waals surface area contributed by atoms with E-state index >= 15 is 0 Å². The Labute approximate surface area is 98.3 Å². The normalized spacial score (nSPS) is 11.9. The number of carbonyl (C=O) groups is 1. The summed E-state index contributed by atoms with van der Waals surface area (Å²) >= 11 is 0. The summed E-state index contributed by atoms with van der Waals surface area (Å²) in [7, 11) is 0. The Bertz CT molecular complexity index is 190. The van der Waals surface area contributed by atoms with Gasteiger partial charge in [0.2, 0.25) is 0 Å². The van der Waals surface area contributed by atoms with Gasteiger partial charge in [0.05, 0.1) is 6.42 Å². The van der Waals surface area contributed by atoms with E-state index in [9.17, 15) is 4.79 Å². The van der Waals surface area contributed by atoms with Gasteiger partial charge in [0.15, 0.2) is 6.29 Å². The quantitative estimate of drug-likeness (QED) is 0.500. The van der Waals surface area contributed by atoms with Gasteiger partial charge in [0.25, 0.3) is 0 Å². The molecule has 0 aliphatic rings. The lowest BCUT2D eigenvalue weighted by Crippen LogP contribution is -2.25. The van der Waals surface area contributed by atoms with E-state index < -0.39 is 5.60 Å². The number of ether oxygens (including phenoxy) is 3. The Morgan fingerprint density at radius 1 is 1.12 bits per heavy atom. The zero-order valence-corrected chi connectivity index (χ0v) is 11.0. The van der Waals surface area contributed by atoms with Crippen LogP contribution in [0.1, 0.15) is 47.5 Å². The van der Waals surface area contributed by atoms with Gasteiger partial charge in [-0.05, 0) is 34.6 Å². The summed E-state index contributed by atoms with van der Waals surface area (Å²) in [6, 6.07) is 0. The summed E-state index contributed by atoms with van der Waals surface area (Å²) in [5.41, 5.74) is -0.427. The number of rotatable bonds is 7. The largest absolute Gasteiger partial charge is 0.460 e. The van der Waals surface area contributed by atoms with Crippen molar-refractivity contribution in [3.8, 4) is 0 Å². The first-order chi connectivity index (χ1) is 7.39. The van der Waals surface area contributed by atoms with Crippen LogP contribution in [0.2, 0.25) is 0 Å². The fourth-order valence-corrected chi connectivity index (χ4v) is 1.21. The molecule has 0 aromatic carbocycles. The molecule has 0 N–H and O–H groups in total. The van der Waals surface area contributed by atoms with Crippen molar-refractivity contribution in [3.05, 3.63) is 0 Å². The number of carbonyl (C=O) groups excluding carboxylic acids is 1.